The molecule has 9 heteroatoms. The van der Waals surface area contributed by atoms with Gasteiger partial charge in [0.15, 0.2) is 9.84 Å². The zero-order valence-electron chi connectivity index (χ0n) is 17.6. The van der Waals surface area contributed by atoms with E-state index < -0.39 is 32.3 Å². The summed E-state index contributed by atoms with van der Waals surface area (Å²) in [5.41, 5.74) is 1.74. The molecular formula is C24H19ClN2O5S. The van der Waals surface area contributed by atoms with Gasteiger partial charge in [0.25, 0.3) is 10.8 Å². The number of rotatable bonds is 4. The molecule has 1 saturated heterocycles. The first-order valence-electron chi connectivity index (χ1n) is 10.1. The Labute approximate surface area is 196 Å². The number of nitrogens with zero attached hydrogens (tertiary/aromatic N) is 2. The minimum absolute atomic E-state index is 0.109. The molecule has 0 N–H and O–H groups in total. The standard InChI is InChI=1S/C24H19ClN2O5S/c1-32-19-11-9-18(10-12-19)27-22(28)15-33(30,31)24(27)20-7-2-3-8-21(20)26(23(24)29)14-16-5-4-6-17(25)13-16/h2-13H,14-15H2,1H3/t24-/m1/s1. The highest BCUT2D eigenvalue weighted by atomic mass is 35.5. The number of para-hydroxylation sites is 1. The first-order chi connectivity index (χ1) is 15.8. The zero-order chi connectivity index (χ0) is 23.4. The van der Waals surface area contributed by atoms with Crippen molar-refractivity contribution in [2.45, 2.75) is 11.4 Å². The number of carbonyl (C=O) groups is 2. The van der Waals surface area contributed by atoms with Gasteiger partial charge in [-0.1, -0.05) is 41.9 Å². The van der Waals surface area contributed by atoms with Crippen molar-refractivity contribution in [2.75, 3.05) is 22.7 Å². The van der Waals surface area contributed by atoms with Crippen LogP contribution in [0.25, 0.3) is 0 Å². The van der Waals surface area contributed by atoms with Gasteiger partial charge in [0.2, 0.25) is 5.91 Å². The lowest BCUT2D eigenvalue weighted by molar-refractivity contribution is -0.123. The van der Waals surface area contributed by atoms with E-state index in [0.29, 0.717) is 22.1 Å². The van der Waals surface area contributed by atoms with E-state index in [9.17, 15) is 18.0 Å². The predicted octanol–water partition coefficient (Wildman–Crippen LogP) is 3.51. The Kier molecular flexibility index (Phi) is 4.95. The molecular weight excluding hydrogens is 464 g/mol. The van der Waals surface area contributed by atoms with Crippen LogP contribution in [0.15, 0.2) is 72.8 Å². The van der Waals surface area contributed by atoms with Crippen molar-refractivity contribution in [1.82, 2.24) is 0 Å². The number of methoxy groups -OCH3 is 1. The van der Waals surface area contributed by atoms with Gasteiger partial charge in [-0.05, 0) is 48.0 Å². The van der Waals surface area contributed by atoms with E-state index in [2.05, 4.69) is 0 Å². The molecule has 1 atom stereocenters. The van der Waals surface area contributed by atoms with Gasteiger partial charge >= 0.3 is 0 Å². The Morgan fingerprint density at radius 1 is 1.00 bits per heavy atom. The second-order valence-corrected chi connectivity index (χ2v) is 10.4. The molecule has 3 aromatic carbocycles. The summed E-state index contributed by atoms with van der Waals surface area (Å²) in [4.78, 5) is 27.5. The van der Waals surface area contributed by atoms with E-state index in [1.807, 2.05) is 6.07 Å². The van der Waals surface area contributed by atoms with Gasteiger partial charge in [-0.15, -0.1) is 0 Å². The van der Waals surface area contributed by atoms with Crippen LogP contribution in [0.5, 0.6) is 5.75 Å². The van der Waals surface area contributed by atoms with E-state index in [4.69, 9.17) is 16.3 Å². The van der Waals surface area contributed by atoms with Gasteiger partial charge in [-0.3, -0.25) is 14.5 Å². The first-order valence-corrected chi connectivity index (χ1v) is 12.2. The molecule has 1 spiro atoms. The maximum absolute atomic E-state index is 14.0. The number of carbonyl (C=O) groups excluding carboxylic acids is 2. The molecule has 2 amide bonds. The summed E-state index contributed by atoms with van der Waals surface area (Å²) in [6, 6.07) is 20.1. The molecule has 2 aliphatic heterocycles. The zero-order valence-corrected chi connectivity index (χ0v) is 19.1. The van der Waals surface area contributed by atoms with E-state index in [0.717, 1.165) is 10.5 Å². The number of hydrogen-bond donors (Lipinski definition) is 0. The third-order valence-electron chi connectivity index (χ3n) is 5.98. The maximum atomic E-state index is 14.0. The van der Waals surface area contributed by atoms with E-state index >= 15 is 0 Å². The molecule has 5 rings (SSSR count). The quantitative estimate of drug-likeness (QED) is 0.568. The summed E-state index contributed by atoms with van der Waals surface area (Å²) < 4.78 is 32.3. The summed E-state index contributed by atoms with van der Waals surface area (Å²) in [5, 5.41) is 0.505. The van der Waals surface area contributed by atoms with Crippen LogP contribution in [-0.2, 0) is 30.8 Å². The minimum atomic E-state index is -4.22. The van der Waals surface area contributed by atoms with Crippen molar-refractivity contribution in [3.8, 4) is 5.75 Å². The third-order valence-corrected chi connectivity index (χ3v) is 8.32. The highest BCUT2D eigenvalue weighted by Crippen LogP contribution is 2.52. The van der Waals surface area contributed by atoms with Crippen LogP contribution in [0.4, 0.5) is 11.4 Å². The molecule has 0 unspecified atom stereocenters. The molecule has 168 valence electrons. The fourth-order valence-electron chi connectivity index (χ4n) is 4.60. The van der Waals surface area contributed by atoms with E-state index in [1.165, 1.54) is 12.0 Å². The van der Waals surface area contributed by atoms with Crippen LogP contribution in [-0.4, -0.2) is 33.1 Å². The Bertz CT molecular complexity index is 1390. The van der Waals surface area contributed by atoms with Crippen molar-refractivity contribution in [3.63, 3.8) is 0 Å². The summed E-state index contributed by atoms with van der Waals surface area (Å²) in [6.45, 7) is 0.109. The van der Waals surface area contributed by atoms with Gasteiger partial charge in [-0.25, -0.2) is 8.42 Å². The van der Waals surface area contributed by atoms with Gasteiger partial charge in [0.1, 0.15) is 11.5 Å². The van der Waals surface area contributed by atoms with Crippen molar-refractivity contribution >= 4 is 44.6 Å². The van der Waals surface area contributed by atoms with Crippen LogP contribution < -0.4 is 14.5 Å². The molecule has 33 heavy (non-hydrogen) atoms. The van der Waals surface area contributed by atoms with Gasteiger partial charge < -0.3 is 9.64 Å². The second kappa shape index (κ2) is 7.60. The molecule has 0 aromatic heterocycles. The number of fused-ring (bicyclic) bond motifs is 2. The van der Waals surface area contributed by atoms with Crippen molar-refractivity contribution in [1.29, 1.82) is 0 Å². The maximum Gasteiger partial charge on any atom is 0.274 e. The monoisotopic (exact) mass is 482 g/mol. The lowest BCUT2D eigenvalue weighted by atomic mass is 10.0. The molecule has 0 radical (unpaired) electrons. The Hall–Kier alpha value is -3.36. The molecule has 2 heterocycles. The molecule has 0 saturated carbocycles. The largest absolute Gasteiger partial charge is 0.497 e. The van der Waals surface area contributed by atoms with Gasteiger partial charge in [-0.2, -0.15) is 0 Å². The molecule has 1 fully saturated rings. The molecule has 2 aliphatic rings. The summed E-state index contributed by atoms with van der Waals surface area (Å²) in [7, 11) is -2.71. The highest BCUT2D eigenvalue weighted by molar-refractivity contribution is 7.94. The lowest BCUT2D eigenvalue weighted by Gasteiger charge is -2.32. The molecule has 0 aliphatic carbocycles. The number of benzene rings is 3. The Morgan fingerprint density at radius 3 is 2.42 bits per heavy atom. The van der Waals surface area contributed by atoms with Crippen LogP contribution in [0.1, 0.15) is 11.1 Å². The van der Waals surface area contributed by atoms with Crippen LogP contribution in [0.2, 0.25) is 5.02 Å². The van der Waals surface area contributed by atoms with Gasteiger partial charge in [0.05, 0.1) is 19.3 Å². The summed E-state index contributed by atoms with van der Waals surface area (Å²) >= 11 is 6.12. The van der Waals surface area contributed by atoms with E-state index in [-0.39, 0.29) is 12.1 Å². The normalized spacial score (nSPS) is 21.0. The molecule has 3 aromatic rings. The van der Waals surface area contributed by atoms with Crippen LogP contribution >= 0.6 is 11.6 Å². The predicted molar refractivity (Wildman–Crippen MR) is 125 cm³/mol. The smallest absolute Gasteiger partial charge is 0.274 e. The number of hydrogen-bond acceptors (Lipinski definition) is 5. The number of ether oxygens (including phenoxy) is 1. The second-order valence-electron chi connectivity index (χ2n) is 7.87. The highest BCUT2D eigenvalue weighted by Gasteiger charge is 2.69. The average Bonchev–Trinajstić information content (AvgIpc) is 3.17. The fourth-order valence-corrected chi connectivity index (χ4v) is 6.84. The fraction of sp³-hybridized carbons (Fsp3) is 0.167. The topological polar surface area (TPSA) is 84.0 Å². The number of halogens is 1. The number of amides is 2. The molecule has 0 bridgehead atoms. The third kappa shape index (κ3) is 3.05. The molecule has 7 nitrogen and oxygen atoms in total. The Morgan fingerprint density at radius 2 is 1.73 bits per heavy atom. The Balaban J connectivity index is 1.71. The SMILES string of the molecule is COc1ccc(N2C(=O)CS(=O)(=O)[C@]23C(=O)N(Cc2cccc(Cl)c2)c2ccccc23)cc1. The van der Waals surface area contributed by atoms with Crippen LogP contribution in [0.3, 0.4) is 0 Å². The van der Waals surface area contributed by atoms with Crippen LogP contribution in [0, 0.1) is 0 Å². The summed E-state index contributed by atoms with van der Waals surface area (Å²) in [6.07, 6.45) is 0. The van der Waals surface area contributed by atoms with Gasteiger partial charge in [0, 0.05) is 16.3 Å². The van der Waals surface area contributed by atoms with Crippen molar-refractivity contribution in [2.24, 2.45) is 0 Å². The average molecular weight is 483 g/mol. The summed E-state index contributed by atoms with van der Waals surface area (Å²) in [5.74, 6) is -1.56. The lowest BCUT2D eigenvalue weighted by Crippen LogP contribution is -2.54. The van der Waals surface area contributed by atoms with Crippen molar-refractivity contribution < 1.29 is 22.7 Å². The number of sulfone groups is 1. The number of anilines is 2. The van der Waals surface area contributed by atoms with E-state index in [1.54, 1.807) is 66.7 Å². The first kappa shape index (κ1) is 21.5. The minimum Gasteiger partial charge on any atom is -0.497 e. The van der Waals surface area contributed by atoms with Crippen molar-refractivity contribution in [3.05, 3.63) is 88.9 Å².